The number of nitrogens with one attached hydrogen (secondary N) is 1. The molecule has 0 atom stereocenters. The lowest BCUT2D eigenvalue weighted by Gasteiger charge is -2.22. The zero-order chi connectivity index (χ0) is 13.9. The number of hydrogen-bond acceptors (Lipinski definition) is 2. The Hall–Kier alpha value is -0.530. The molecule has 0 spiro atoms. The van der Waals surface area contributed by atoms with E-state index in [9.17, 15) is 22.4 Å². The molecular formula is C9H14BrF4NO2. The van der Waals surface area contributed by atoms with Crippen LogP contribution in [0.3, 0.4) is 0 Å². The Balaban J connectivity index is 4.05. The fraction of sp³-hybridized carbons (Fsp3) is 0.889. The van der Waals surface area contributed by atoms with Gasteiger partial charge in [-0.15, -0.1) is 0 Å². The monoisotopic (exact) mass is 323 g/mol. The number of ether oxygens (including phenoxy) is 1. The van der Waals surface area contributed by atoms with Gasteiger partial charge in [-0.25, -0.2) is 4.79 Å². The second kappa shape index (κ2) is 5.41. The summed E-state index contributed by atoms with van der Waals surface area (Å²) >= 11 is 1.59. The van der Waals surface area contributed by atoms with Gasteiger partial charge in [-0.05, 0) is 36.7 Å². The predicted octanol–water partition coefficient (Wildman–Crippen LogP) is 3.52. The Kier molecular flexibility index (Phi) is 5.24. The van der Waals surface area contributed by atoms with Gasteiger partial charge in [-0.2, -0.15) is 17.6 Å². The molecule has 17 heavy (non-hydrogen) atoms. The van der Waals surface area contributed by atoms with Gasteiger partial charge in [0.05, 0.1) is 0 Å². The normalized spacial score (nSPS) is 13.4. The highest BCUT2D eigenvalue weighted by Crippen LogP contribution is 2.41. The largest absolute Gasteiger partial charge is 0.444 e. The second-order valence-electron chi connectivity index (χ2n) is 4.38. The van der Waals surface area contributed by atoms with Crippen LogP contribution in [0.2, 0.25) is 0 Å². The van der Waals surface area contributed by atoms with E-state index in [1.807, 2.05) is 5.32 Å². The Morgan fingerprint density at radius 2 is 1.71 bits per heavy atom. The van der Waals surface area contributed by atoms with Crippen molar-refractivity contribution < 1.29 is 27.1 Å². The first kappa shape index (κ1) is 16.5. The first-order chi connectivity index (χ1) is 7.35. The third kappa shape index (κ3) is 6.70. The van der Waals surface area contributed by atoms with Crippen LogP contribution >= 0.6 is 15.9 Å². The van der Waals surface area contributed by atoms with E-state index >= 15 is 0 Å². The van der Waals surface area contributed by atoms with Crippen molar-refractivity contribution in [3.63, 3.8) is 0 Å². The SMILES string of the molecule is CC(C)(C)OC(=O)NCCC(F)(F)C(F)(F)Br. The number of hydrogen-bond donors (Lipinski definition) is 1. The van der Waals surface area contributed by atoms with Gasteiger partial charge >= 0.3 is 16.8 Å². The average molecular weight is 324 g/mol. The van der Waals surface area contributed by atoms with E-state index in [1.165, 1.54) is 0 Å². The summed E-state index contributed by atoms with van der Waals surface area (Å²) in [7, 11) is 0. The molecule has 0 aromatic carbocycles. The Bertz CT molecular complexity index is 273. The van der Waals surface area contributed by atoms with Crippen molar-refractivity contribution in [3.05, 3.63) is 0 Å². The molecule has 0 aliphatic carbocycles. The van der Waals surface area contributed by atoms with Gasteiger partial charge in [0.1, 0.15) is 5.60 Å². The molecule has 0 rings (SSSR count). The summed E-state index contributed by atoms with van der Waals surface area (Å²) in [6, 6.07) is 0. The first-order valence-electron chi connectivity index (χ1n) is 4.76. The summed E-state index contributed by atoms with van der Waals surface area (Å²) in [6.07, 6.45) is -2.11. The third-order valence-electron chi connectivity index (χ3n) is 1.52. The van der Waals surface area contributed by atoms with Gasteiger partial charge < -0.3 is 10.1 Å². The predicted molar refractivity (Wildman–Crippen MR) is 57.7 cm³/mol. The zero-order valence-electron chi connectivity index (χ0n) is 9.62. The molecule has 0 aromatic heterocycles. The number of carbonyl (C=O) groups excluding carboxylic acids is 1. The van der Waals surface area contributed by atoms with Gasteiger partial charge in [0.25, 0.3) is 0 Å². The van der Waals surface area contributed by atoms with E-state index in [0.29, 0.717) is 0 Å². The lowest BCUT2D eigenvalue weighted by Crippen LogP contribution is -2.40. The quantitative estimate of drug-likeness (QED) is 0.635. The van der Waals surface area contributed by atoms with Gasteiger partial charge in [0, 0.05) is 13.0 Å². The van der Waals surface area contributed by atoms with Crippen molar-refractivity contribution >= 4 is 22.0 Å². The number of alkyl carbamates (subject to hydrolysis) is 1. The van der Waals surface area contributed by atoms with Crippen LogP contribution < -0.4 is 5.32 Å². The van der Waals surface area contributed by atoms with Crippen LogP contribution in [-0.4, -0.2) is 29.0 Å². The summed E-state index contributed by atoms with van der Waals surface area (Å²) in [5.74, 6) is -4.23. The fourth-order valence-electron chi connectivity index (χ4n) is 0.777. The number of carbonyl (C=O) groups is 1. The van der Waals surface area contributed by atoms with Crippen molar-refractivity contribution in [2.24, 2.45) is 0 Å². The Morgan fingerprint density at radius 3 is 2.06 bits per heavy atom. The second-order valence-corrected chi connectivity index (χ2v) is 5.38. The maximum absolute atomic E-state index is 12.7. The molecule has 0 aliphatic heterocycles. The molecule has 0 saturated carbocycles. The molecule has 0 radical (unpaired) electrons. The van der Waals surface area contributed by atoms with Crippen molar-refractivity contribution in [1.29, 1.82) is 0 Å². The molecule has 1 amide bonds. The van der Waals surface area contributed by atoms with Crippen molar-refractivity contribution in [1.82, 2.24) is 5.32 Å². The zero-order valence-corrected chi connectivity index (χ0v) is 11.2. The molecule has 0 unspecified atom stereocenters. The van der Waals surface area contributed by atoms with Crippen molar-refractivity contribution in [2.45, 2.75) is 43.5 Å². The standard InChI is InChI=1S/C9H14BrF4NO2/c1-7(2,3)17-6(16)15-5-4-8(11,12)9(10,13)14/h4-5H2,1-3H3,(H,15,16). The topological polar surface area (TPSA) is 38.3 Å². The molecule has 0 aromatic rings. The maximum Gasteiger partial charge on any atom is 0.407 e. The summed E-state index contributed by atoms with van der Waals surface area (Å²) in [5, 5.41) is 1.97. The maximum atomic E-state index is 12.7. The highest BCUT2D eigenvalue weighted by Gasteiger charge is 2.53. The molecule has 0 aliphatic rings. The van der Waals surface area contributed by atoms with Crippen LogP contribution in [0.1, 0.15) is 27.2 Å². The lowest BCUT2D eigenvalue weighted by atomic mass is 10.2. The highest BCUT2D eigenvalue weighted by molar-refractivity contribution is 9.10. The molecule has 0 bridgehead atoms. The summed E-state index contributed by atoms with van der Waals surface area (Å²) in [5.41, 5.74) is -0.772. The average Bonchev–Trinajstić information content (AvgIpc) is 1.97. The Labute approximate surface area is 105 Å². The number of rotatable bonds is 4. The molecular weight excluding hydrogens is 310 g/mol. The van der Waals surface area contributed by atoms with Gasteiger partial charge in [0.15, 0.2) is 0 Å². The third-order valence-corrected chi connectivity index (χ3v) is 2.10. The minimum Gasteiger partial charge on any atom is -0.444 e. The summed E-state index contributed by atoms with van der Waals surface area (Å²) < 4.78 is 54.8. The van der Waals surface area contributed by atoms with E-state index in [-0.39, 0.29) is 0 Å². The van der Waals surface area contributed by atoms with Crippen LogP contribution in [0.15, 0.2) is 0 Å². The van der Waals surface area contributed by atoms with Crippen LogP contribution in [0.5, 0.6) is 0 Å². The summed E-state index contributed by atoms with van der Waals surface area (Å²) in [6.45, 7) is 4.17. The Morgan fingerprint density at radius 1 is 1.24 bits per heavy atom. The van der Waals surface area contributed by atoms with E-state index < -0.39 is 35.4 Å². The minimum atomic E-state index is -4.30. The number of alkyl halides is 5. The molecule has 1 N–H and O–H groups in total. The van der Waals surface area contributed by atoms with Crippen molar-refractivity contribution in [2.75, 3.05) is 6.54 Å². The molecule has 0 fully saturated rings. The molecule has 102 valence electrons. The molecule has 3 nitrogen and oxygen atoms in total. The van der Waals surface area contributed by atoms with Crippen LogP contribution in [0.4, 0.5) is 22.4 Å². The van der Waals surface area contributed by atoms with Gasteiger partial charge in [-0.1, -0.05) is 0 Å². The fourth-order valence-corrected chi connectivity index (χ4v) is 0.976. The first-order valence-corrected chi connectivity index (χ1v) is 5.56. The van der Waals surface area contributed by atoms with Crippen LogP contribution in [0.25, 0.3) is 0 Å². The van der Waals surface area contributed by atoms with E-state index in [0.717, 1.165) is 0 Å². The smallest absolute Gasteiger partial charge is 0.407 e. The van der Waals surface area contributed by atoms with Crippen LogP contribution in [-0.2, 0) is 4.74 Å². The lowest BCUT2D eigenvalue weighted by molar-refractivity contribution is -0.150. The van der Waals surface area contributed by atoms with Gasteiger partial charge in [-0.3, -0.25) is 0 Å². The van der Waals surface area contributed by atoms with Crippen molar-refractivity contribution in [3.8, 4) is 0 Å². The van der Waals surface area contributed by atoms with E-state index in [1.54, 1.807) is 36.7 Å². The van der Waals surface area contributed by atoms with E-state index in [2.05, 4.69) is 0 Å². The number of amides is 1. The van der Waals surface area contributed by atoms with E-state index in [4.69, 9.17) is 4.74 Å². The molecule has 0 heterocycles. The molecule has 8 heteroatoms. The van der Waals surface area contributed by atoms with Gasteiger partial charge in [0.2, 0.25) is 0 Å². The molecule has 0 saturated heterocycles. The summed E-state index contributed by atoms with van der Waals surface area (Å²) in [4.78, 5) is 6.72. The van der Waals surface area contributed by atoms with Crippen LogP contribution in [0, 0.1) is 0 Å². The number of halogens is 5. The minimum absolute atomic E-state index is 0.608. The highest BCUT2D eigenvalue weighted by atomic mass is 79.9.